The van der Waals surface area contributed by atoms with Crippen molar-refractivity contribution in [3.05, 3.63) is 210 Å². The lowest BCUT2D eigenvalue weighted by molar-refractivity contribution is -0.199. The average Bonchev–Trinajstić information content (AvgIpc) is 1.75. The van der Waals surface area contributed by atoms with Crippen molar-refractivity contribution < 1.29 is 48.3 Å². The summed E-state index contributed by atoms with van der Waals surface area (Å²) in [5.74, 6) is -1.17. The molecule has 12 atom stereocenters. The van der Waals surface area contributed by atoms with Crippen molar-refractivity contribution in [1.29, 1.82) is 0 Å². The maximum Gasteiger partial charge on any atom is 0.340 e. The number of rotatable bonds is 10. The Bertz CT molecular complexity index is 3620. The molecule has 3 aliphatic heterocycles. The number of esters is 2. The second kappa shape index (κ2) is 23.2. The van der Waals surface area contributed by atoms with Gasteiger partial charge in [-0.05, 0) is 170 Å². The minimum atomic E-state index is -1.37. The minimum Gasteiger partial charge on any atom is -0.483 e. The largest absolute Gasteiger partial charge is 0.483 e. The lowest BCUT2D eigenvalue weighted by Gasteiger charge is -2.50. The van der Waals surface area contributed by atoms with Gasteiger partial charge < -0.3 is 38.7 Å². The Hall–Kier alpha value is -6.89. The van der Waals surface area contributed by atoms with Crippen LogP contribution in [0.1, 0.15) is 175 Å². The van der Waals surface area contributed by atoms with Crippen LogP contribution >= 0.6 is 0 Å². The molecule has 5 aliphatic carbocycles. The summed E-state index contributed by atoms with van der Waals surface area (Å²) in [6.45, 7) is 2.63. The monoisotopic (exact) mass is 1130 g/mol. The standard InChI is InChI=1S/C73H78O11/c1-43(40-75)54-28-21-44-19-22-46(23-20-44)55-29-26-47(57-17-11-18-62-58(57)30-27-52-15-9-10-34-73(52,62)51-13-5-4-6-14-51)36-50(55)38-64(77)81-68-66-63(32-31-59-61(41-76)65(71(79)82-67(59)66)49(33-35-74)42-80-3)84-72(2,69(68)83-70(54)78)53-37-48-25-24-45-12-7-8-16-56(45)60(48)39-53/h4-8,11-14,16-20,22-26,29,31-32,47-50,52-53,55,60,68-69,74-76H,9-10,15,21,27-28,30,33-42H2,1-3H3/b54-43-/t47-,48+,49-,50-,52-,53-,55+,60-,68-,69+,72+,73+/m1/s1. The molecule has 1 aromatic heterocycles. The number of aliphatic hydroxyl groups is 3. The third-order valence-corrected chi connectivity index (χ3v) is 21.2. The molecule has 4 heterocycles. The maximum atomic E-state index is 15.8. The fourth-order valence-electron chi connectivity index (χ4n) is 17.0. The number of allylic oxidation sites excluding steroid dienone is 3. The van der Waals surface area contributed by atoms with Crippen LogP contribution in [-0.4, -0.2) is 65.9 Å². The van der Waals surface area contributed by atoms with Crippen LogP contribution in [0.2, 0.25) is 0 Å². The van der Waals surface area contributed by atoms with Crippen LogP contribution in [0.15, 0.2) is 148 Å². The van der Waals surface area contributed by atoms with E-state index >= 15 is 9.59 Å². The molecule has 5 aromatic carbocycles. The summed E-state index contributed by atoms with van der Waals surface area (Å²) in [6.07, 6.45) is 16.4. The highest BCUT2D eigenvalue weighted by Crippen LogP contribution is 2.59. The van der Waals surface area contributed by atoms with Crippen LogP contribution in [0.3, 0.4) is 0 Å². The van der Waals surface area contributed by atoms with Crippen molar-refractivity contribution in [2.24, 2.45) is 23.7 Å². The van der Waals surface area contributed by atoms with Crippen molar-refractivity contribution in [2.75, 3.05) is 26.9 Å². The third-order valence-electron chi connectivity index (χ3n) is 21.2. The summed E-state index contributed by atoms with van der Waals surface area (Å²) in [5.41, 5.74) is 9.54. The quantitative estimate of drug-likeness (QED) is 0.0518. The normalized spacial score (nSPS) is 29.9. The highest BCUT2D eigenvalue weighted by molar-refractivity contribution is 5.90. The second-order valence-corrected chi connectivity index (χ2v) is 25.5. The smallest absolute Gasteiger partial charge is 0.340 e. The van der Waals surface area contributed by atoms with Gasteiger partial charge in [0, 0.05) is 65.7 Å². The molecular weight excluding hydrogens is 1050 g/mol. The van der Waals surface area contributed by atoms with Crippen LogP contribution < -0.4 is 10.4 Å². The molecule has 8 aliphatic rings. The van der Waals surface area contributed by atoms with Crippen LogP contribution in [0, 0.1) is 23.7 Å². The Labute approximate surface area is 492 Å². The van der Waals surface area contributed by atoms with Gasteiger partial charge in [0.2, 0.25) is 0 Å². The molecule has 0 spiro atoms. The molecule has 14 rings (SSSR count). The third kappa shape index (κ3) is 9.71. The number of aryl methyl sites for hydroxylation is 1. The first kappa shape index (κ1) is 56.3. The SMILES string of the molecule is COC[C@@H](CCO)c1c(CO)c2ccc3c(c2oc1=O)[C@H]1OC(=O)C[C@H]2C[C@H](c4cccc5c4CC[C@H]4CCCC[C@@]54c4ccccc4)C=C[C@H]2c2ccc(cc2)CC/C(=C(\C)CO)C(=O)O[C@@H]1[C@](C)([C@@H]1C[C@@H]2C=Cc4ccccc4[C@@H]2C1)O3. The van der Waals surface area contributed by atoms with E-state index in [1.165, 1.54) is 54.2 Å². The number of aliphatic hydroxyl groups excluding tert-OH is 3. The van der Waals surface area contributed by atoms with Gasteiger partial charge >= 0.3 is 17.6 Å². The Morgan fingerprint density at radius 1 is 0.786 bits per heavy atom. The number of benzene rings is 5. The van der Waals surface area contributed by atoms with E-state index in [-0.39, 0.29) is 96.7 Å². The van der Waals surface area contributed by atoms with Crippen molar-refractivity contribution in [2.45, 2.75) is 151 Å². The lowest BCUT2D eigenvalue weighted by Crippen LogP contribution is -2.58. The molecule has 2 saturated carbocycles. The number of methoxy groups -OCH3 is 1. The van der Waals surface area contributed by atoms with E-state index in [0.717, 1.165) is 36.0 Å². The number of fused-ring (bicyclic) bond motifs is 17. The highest BCUT2D eigenvalue weighted by atomic mass is 16.6. The van der Waals surface area contributed by atoms with Crippen LogP contribution in [0.5, 0.6) is 5.75 Å². The van der Waals surface area contributed by atoms with Crippen molar-refractivity contribution in [3.63, 3.8) is 0 Å². The number of carbonyl (C=O) groups is 2. The molecule has 2 fully saturated rings. The van der Waals surface area contributed by atoms with Gasteiger partial charge in [-0.15, -0.1) is 0 Å². The first-order chi connectivity index (χ1) is 41.0. The molecule has 84 heavy (non-hydrogen) atoms. The molecular formula is C73H78O11. The van der Waals surface area contributed by atoms with Gasteiger partial charge in [0.1, 0.15) is 16.9 Å². The van der Waals surface area contributed by atoms with Gasteiger partial charge in [0.05, 0.1) is 25.4 Å². The van der Waals surface area contributed by atoms with Gasteiger partial charge in [-0.1, -0.05) is 134 Å². The Balaban J connectivity index is 0.954. The van der Waals surface area contributed by atoms with Crippen LogP contribution in [0.4, 0.5) is 0 Å². The number of hydrogen-bond donors (Lipinski definition) is 3. The summed E-state index contributed by atoms with van der Waals surface area (Å²) in [7, 11) is 1.52. The predicted octanol–water partition coefficient (Wildman–Crippen LogP) is 13.1. The lowest BCUT2D eigenvalue weighted by atomic mass is 9.54. The summed E-state index contributed by atoms with van der Waals surface area (Å²) in [4.78, 5) is 45.9. The molecule has 6 aromatic rings. The van der Waals surface area contributed by atoms with Crippen LogP contribution in [-0.2, 0) is 48.7 Å². The summed E-state index contributed by atoms with van der Waals surface area (Å²) in [6, 6.07) is 38.7. The van der Waals surface area contributed by atoms with Crippen molar-refractivity contribution >= 4 is 29.0 Å². The zero-order valence-corrected chi connectivity index (χ0v) is 48.6. The Morgan fingerprint density at radius 3 is 2.39 bits per heavy atom. The van der Waals surface area contributed by atoms with E-state index in [0.29, 0.717) is 59.4 Å². The van der Waals surface area contributed by atoms with E-state index < -0.39 is 47.9 Å². The average molecular weight is 1130 g/mol. The van der Waals surface area contributed by atoms with Gasteiger partial charge in [-0.2, -0.15) is 0 Å². The van der Waals surface area contributed by atoms with E-state index in [1.54, 1.807) is 19.1 Å². The molecule has 3 N–H and O–H groups in total. The molecule has 0 saturated heterocycles. The number of hydrogen-bond acceptors (Lipinski definition) is 11. The van der Waals surface area contributed by atoms with E-state index in [2.05, 4.69) is 121 Å². The fourth-order valence-corrected chi connectivity index (χ4v) is 17.0. The predicted molar refractivity (Wildman–Crippen MR) is 323 cm³/mol. The molecule has 2 bridgehead atoms. The topological polar surface area (TPSA) is 162 Å². The first-order valence-electron chi connectivity index (χ1n) is 30.9. The maximum absolute atomic E-state index is 15.8. The summed E-state index contributed by atoms with van der Waals surface area (Å²) < 4.78 is 33.5. The Kier molecular flexibility index (Phi) is 15.5. The van der Waals surface area contributed by atoms with Gasteiger partial charge in [0.25, 0.3) is 0 Å². The minimum absolute atomic E-state index is 0.0208. The van der Waals surface area contributed by atoms with Crippen LogP contribution in [0.25, 0.3) is 17.0 Å². The second-order valence-electron chi connectivity index (χ2n) is 25.5. The van der Waals surface area contributed by atoms with Gasteiger partial charge in [-0.25, -0.2) is 9.59 Å². The molecule has 11 nitrogen and oxygen atoms in total. The van der Waals surface area contributed by atoms with E-state index in [4.69, 9.17) is 23.4 Å². The summed E-state index contributed by atoms with van der Waals surface area (Å²) >= 11 is 0. The summed E-state index contributed by atoms with van der Waals surface area (Å²) in [5, 5.41) is 32.6. The molecule has 11 heteroatoms. The van der Waals surface area contributed by atoms with E-state index in [9.17, 15) is 20.1 Å². The van der Waals surface area contributed by atoms with Crippen molar-refractivity contribution in [3.8, 4) is 5.75 Å². The molecule has 0 amide bonds. The molecule has 0 unspecified atom stereocenters. The Morgan fingerprint density at radius 2 is 1.60 bits per heavy atom. The zero-order chi connectivity index (χ0) is 57.9. The van der Waals surface area contributed by atoms with E-state index in [1.807, 2.05) is 6.92 Å². The number of ether oxygens (including phenoxy) is 4. The number of carbonyl (C=O) groups excluding carboxylic acids is 2. The first-order valence-corrected chi connectivity index (χ1v) is 30.9. The van der Waals surface area contributed by atoms with Gasteiger partial charge in [-0.3, -0.25) is 4.79 Å². The molecule has 0 radical (unpaired) electrons. The van der Waals surface area contributed by atoms with Crippen molar-refractivity contribution in [1.82, 2.24) is 0 Å². The molecule has 436 valence electrons. The highest BCUT2D eigenvalue weighted by Gasteiger charge is 2.59. The zero-order valence-electron chi connectivity index (χ0n) is 48.6. The van der Waals surface area contributed by atoms with Gasteiger partial charge in [0.15, 0.2) is 12.2 Å². The fraction of sp³-hybridized carbons (Fsp3) is 0.438.